The van der Waals surface area contributed by atoms with Crippen molar-refractivity contribution in [3.05, 3.63) is 192 Å². The van der Waals surface area contributed by atoms with Crippen LogP contribution in [0.2, 0.25) is 36.3 Å². The summed E-state index contributed by atoms with van der Waals surface area (Å²) >= 11 is 0. The van der Waals surface area contributed by atoms with Gasteiger partial charge in [-0.1, -0.05) is 199 Å². The molecule has 8 N–H and O–H groups in total. The average molecular weight is 1520 g/mol. The van der Waals surface area contributed by atoms with Crippen LogP contribution in [0.1, 0.15) is 88.6 Å². The van der Waals surface area contributed by atoms with E-state index in [0.717, 1.165) is 5.56 Å². The van der Waals surface area contributed by atoms with Gasteiger partial charge in [-0.05, 0) is 83.3 Å². The zero-order chi connectivity index (χ0) is 76.9. The average Bonchev–Trinajstić information content (AvgIpc) is 1.74. The molecule has 107 heavy (non-hydrogen) atoms. The summed E-state index contributed by atoms with van der Waals surface area (Å²) in [6, 6.07) is 39.7. The summed E-state index contributed by atoms with van der Waals surface area (Å²) in [7, 11) is -5.14. The van der Waals surface area contributed by atoms with Crippen LogP contribution < -0.4 is 26.6 Å². The molecule has 3 saturated heterocycles. The van der Waals surface area contributed by atoms with Crippen LogP contribution in [-0.4, -0.2) is 193 Å². The molecule has 29 heteroatoms. The topological polar surface area (TPSA) is 335 Å². The van der Waals surface area contributed by atoms with Crippen LogP contribution in [0.3, 0.4) is 0 Å². The molecule has 9 rings (SSSR count). The number of ether oxygens (including phenoxy) is 12. The summed E-state index contributed by atoms with van der Waals surface area (Å²) in [5.41, 5.74) is 3.42. The fourth-order valence-electron chi connectivity index (χ4n) is 12.0. The fourth-order valence-corrected chi connectivity index (χ4v) is 14.0. The molecule has 0 spiro atoms. The van der Waals surface area contributed by atoms with Gasteiger partial charge in [-0.2, -0.15) is 0 Å². The maximum atomic E-state index is 14.5. The zero-order valence-electron chi connectivity index (χ0n) is 62.6. The third-order valence-electron chi connectivity index (χ3n) is 20.2. The van der Waals surface area contributed by atoms with Crippen molar-refractivity contribution in [3.8, 4) is 0 Å². The van der Waals surface area contributed by atoms with Crippen LogP contribution >= 0.6 is 0 Å². The van der Waals surface area contributed by atoms with Gasteiger partial charge in [0, 0.05) is 6.54 Å². The molecule has 1 saturated carbocycles. The maximum Gasteiger partial charge on any atom is 0.407 e. The molecule has 3 aliphatic heterocycles. The fraction of sp³-hybridized carbons (Fsp3) is 0.526. The molecule has 5 aromatic rings. The van der Waals surface area contributed by atoms with Crippen LogP contribution in [0.4, 0.5) is 24.0 Å². The Labute approximate surface area is 628 Å². The molecule has 0 unspecified atom stereocenters. The lowest BCUT2D eigenvalue weighted by Gasteiger charge is -2.48. The minimum absolute atomic E-state index is 0.0699. The van der Waals surface area contributed by atoms with Crippen LogP contribution in [0.25, 0.3) is 0 Å². The Balaban J connectivity index is 1.11. The lowest BCUT2D eigenvalue weighted by molar-refractivity contribution is -0.296. The summed E-state index contributed by atoms with van der Waals surface area (Å²) < 4.78 is 90.9. The molecular weight excluding hydrogens is 1420 g/mol. The molecule has 1 aliphatic carbocycles. The smallest absolute Gasteiger partial charge is 0.407 e. The summed E-state index contributed by atoms with van der Waals surface area (Å²) in [6.45, 7) is 23.4. The number of rotatable bonds is 31. The first-order valence-electron chi connectivity index (χ1n) is 36.4. The van der Waals surface area contributed by atoms with Gasteiger partial charge >= 0.3 is 30.5 Å². The van der Waals surface area contributed by atoms with Crippen molar-refractivity contribution in [1.29, 1.82) is 0 Å². The summed E-state index contributed by atoms with van der Waals surface area (Å²) in [6.07, 6.45) is -22.4. The number of hydrogen-bond acceptors (Lipinski definition) is 22. The summed E-state index contributed by atoms with van der Waals surface area (Å²) in [5.74, 6) is 0. The van der Waals surface area contributed by atoms with E-state index in [2.05, 4.69) is 67.0 Å². The van der Waals surface area contributed by atoms with E-state index in [0.29, 0.717) is 28.7 Å². The number of alkyl carbamates (subject to hydrolysis) is 5. The monoisotopic (exact) mass is 1520 g/mol. The molecule has 5 aromatic carbocycles. The summed E-state index contributed by atoms with van der Waals surface area (Å²) in [5, 5.41) is 50.9. The first-order valence-corrected chi connectivity index (χ1v) is 42.2. The van der Waals surface area contributed by atoms with Crippen molar-refractivity contribution < 1.29 is 105 Å². The normalized spacial score (nSPS) is 26.8. The lowest BCUT2D eigenvalue weighted by Crippen LogP contribution is -2.68. The van der Waals surface area contributed by atoms with E-state index < -0.39 is 158 Å². The van der Waals surface area contributed by atoms with E-state index in [1.807, 2.05) is 82.4 Å². The second-order valence-corrected chi connectivity index (χ2v) is 39.8. The van der Waals surface area contributed by atoms with Crippen molar-refractivity contribution >= 4 is 47.1 Å². The first kappa shape index (κ1) is 83.2. The Morgan fingerprint density at radius 3 is 1.31 bits per heavy atom. The maximum absolute atomic E-state index is 14.5. The SMILES string of the molecule is C=CCO[C@H]1[C@H](O[C@@H]2[C@@H](O)[C@H](NC(=O)OCc3ccccc3)C[C@H](NC(=O)OCc3ccccc3)[C@H]2O[C@H]2O[C@H](CO[Si](C)(C)C(C)(C)C)CC[C@H]2NC(=O)OCc2ccccc2)O[C@H](CO[Si](C)(C)C(C)(C)C)[C@H]1O[C@H]1O[C@@H](CNC(=O)OCc2ccccc2)[C@@H](O)[C@H](O)[C@H]1NC(=O)OCc1ccccc1. The number of aliphatic hydroxyl groups excluding tert-OH is 3. The molecule has 17 atom stereocenters. The van der Waals surface area contributed by atoms with E-state index >= 15 is 0 Å². The van der Waals surface area contributed by atoms with E-state index in [-0.39, 0.29) is 75.8 Å². The van der Waals surface area contributed by atoms with Gasteiger partial charge in [0.1, 0.15) is 94.0 Å². The van der Waals surface area contributed by atoms with E-state index in [1.165, 1.54) is 6.08 Å². The second kappa shape index (κ2) is 39.0. The van der Waals surface area contributed by atoms with Gasteiger partial charge in [-0.15, -0.1) is 6.58 Å². The Hall–Kier alpha value is -7.86. The minimum atomic E-state index is -2.73. The number of carbonyl (C=O) groups is 5. The third kappa shape index (κ3) is 24.3. The Kier molecular flexibility index (Phi) is 30.3. The van der Waals surface area contributed by atoms with Crippen molar-refractivity contribution in [1.82, 2.24) is 26.6 Å². The number of aliphatic hydroxyl groups is 3. The number of benzene rings is 5. The van der Waals surface area contributed by atoms with Crippen molar-refractivity contribution in [2.45, 2.75) is 234 Å². The molecule has 27 nitrogen and oxygen atoms in total. The second-order valence-electron chi connectivity index (χ2n) is 30.1. The quantitative estimate of drug-likeness (QED) is 0.0116. The first-order chi connectivity index (χ1) is 51.0. The van der Waals surface area contributed by atoms with Crippen molar-refractivity contribution in [3.63, 3.8) is 0 Å². The number of amides is 5. The van der Waals surface area contributed by atoms with Gasteiger partial charge in [0.2, 0.25) is 0 Å². The lowest BCUT2D eigenvalue weighted by atomic mass is 9.83. The molecular formula is C78H107N5O22Si2. The van der Waals surface area contributed by atoms with Gasteiger partial charge < -0.3 is 108 Å². The third-order valence-corrected chi connectivity index (χ3v) is 29.2. The highest BCUT2D eigenvalue weighted by Crippen LogP contribution is 2.42. The predicted octanol–water partition coefficient (Wildman–Crippen LogP) is 10.3. The van der Waals surface area contributed by atoms with Crippen molar-refractivity contribution in [2.75, 3.05) is 26.4 Å². The van der Waals surface area contributed by atoms with E-state index in [4.69, 9.17) is 65.7 Å². The molecule has 3 heterocycles. The molecule has 4 aliphatic rings. The highest BCUT2D eigenvalue weighted by Gasteiger charge is 2.57. The van der Waals surface area contributed by atoms with E-state index in [1.54, 1.807) is 103 Å². The predicted molar refractivity (Wildman–Crippen MR) is 398 cm³/mol. The minimum Gasteiger partial charge on any atom is -0.445 e. The van der Waals surface area contributed by atoms with Crippen LogP contribution in [0.5, 0.6) is 0 Å². The zero-order valence-corrected chi connectivity index (χ0v) is 64.6. The standard InChI is InChI=1S/C78H107N5O22Si2/c1-12-40-92-68-66(104-70-61(83-76(91)97-47-54-36-26-17-27-37-54)64(86)63(85)59(101-70)42-79-72(87)93-43-50-28-18-13-19-29-50)60(49-99-107(10,11)78(5,6)7)102-71(68)105-67-62(84)57(81-74(89)95-45-52-32-22-15-23-33-52)41-58(82-75(90)96-46-53-34-24-16-25-35-53)65(67)103-69-56(80-73(88)94-44-51-30-20-14-21-31-51)39-38-55(100-69)48-98-106(8,9)77(2,3)4/h12-37,55-71,84-86H,1,38-49H2,2-11H3,(H,79,87)(H,80,88)(H,81,89)(H,82,90)(H,83,91)/t55-,56+,57+,58-,59-,60+,61+,62-,63+,64+,65+,66+,67+,68+,69+,70+,71-/m0/s1. The van der Waals surface area contributed by atoms with Crippen LogP contribution in [0.15, 0.2) is 164 Å². The molecule has 584 valence electrons. The number of carbonyl (C=O) groups excluding carboxylic acids is 5. The van der Waals surface area contributed by atoms with Crippen molar-refractivity contribution in [2.24, 2.45) is 0 Å². The molecule has 5 amide bonds. The number of hydrogen-bond donors (Lipinski definition) is 8. The van der Waals surface area contributed by atoms with E-state index in [9.17, 15) is 39.3 Å². The largest absolute Gasteiger partial charge is 0.445 e. The van der Waals surface area contributed by atoms with Gasteiger partial charge in [-0.3, -0.25) is 0 Å². The molecule has 0 aromatic heterocycles. The van der Waals surface area contributed by atoms with Gasteiger partial charge in [0.05, 0.1) is 44.1 Å². The summed E-state index contributed by atoms with van der Waals surface area (Å²) in [4.78, 5) is 70.0. The highest BCUT2D eigenvalue weighted by molar-refractivity contribution is 6.74. The van der Waals surface area contributed by atoms with Crippen LogP contribution in [-0.2, 0) is 98.7 Å². The highest BCUT2D eigenvalue weighted by atomic mass is 28.4. The van der Waals surface area contributed by atoms with Crippen LogP contribution in [0, 0.1) is 0 Å². The van der Waals surface area contributed by atoms with Gasteiger partial charge in [0.25, 0.3) is 0 Å². The van der Waals surface area contributed by atoms with Gasteiger partial charge in [0.15, 0.2) is 35.5 Å². The Morgan fingerprint density at radius 2 is 0.850 bits per heavy atom. The molecule has 0 bridgehead atoms. The Bertz CT molecular complexity index is 3590. The molecule has 0 radical (unpaired) electrons. The van der Waals surface area contributed by atoms with Gasteiger partial charge in [-0.25, -0.2) is 24.0 Å². The Morgan fingerprint density at radius 1 is 0.449 bits per heavy atom. The molecule has 4 fully saturated rings. The number of nitrogens with one attached hydrogen (secondary N) is 5.